The molecule has 11 heteroatoms. The zero-order valence-corrected chi connectivity index (χ0v) is 21.3. The highest BCUT2D eigenvalue weighted by atomic mass is 32.2. The molecule has 0 atom stereocenters. The van der Waals surface area contributed by atoms with E-state index in [2.05, 4.69) is 9.89 Å². The van der Waals surface area contributed by atoms with Gasteiger partial charge in [0.2, 0.25) is 5.91 Å². The van der Waals surface area contributed by atoms with Gasteiger partial charge in [-0.3, -0.25) is 9.59 Å². The van der Waals surface area contributed by atoms with Gasteiger partial charge in [-0.2, -0.15) is 4.99 Å². The molecule has 0 radical (unpaired) electrons. The van der Waals surface area contributed by atoms with Gasteiger partial charge in [0.1, 0.15) is 17.3 Å². The van der Waals surface area contributed by atoms with Gasteiger partial charge in [-0.1, -0.05) is 29.5 Å². The number of hydrogen-bond acceptors (Lipinski definition) is 7. The summed E-state index contributed by atoms with van der Waals surface area (Å²) in [5.41, 5.74) is 1.96. The molecular formula is C24H28N4O5S2. The Morgan fingerprint density at radius 1 is 1.03 bits per heavy atom. The molecule has 1 aromatic heterocycles. The van der Waals surface area contributed by atoms with E-state index in [0.29, 0.717) is 43.3 Å². The number of nitrogens with zero attached hydrogens (tertiary/aromatic N) is 4. The average molecular weight is 517 g/mol. The number of ether oxygens (including phenoxy) is 1. The zero-order chi connectivity index (χ0) is 25.0. The number of sulfone groups is 1. The van der Waals surface area contributed by atoms with Gasteiger partial charge in [0.15, 0.2) is 14.6 Å². The summed E-state index contributed by atoms with van der Waals surface area (Å²) in [6.45, 7) is 4.60. The lowest BCUT2D eigenvalue weighted by Gasteiger charge is -2.36. The van der Waals surface area contributed by atoms with Crippen LogP contribution in [0.25, 0.3) is 10.2 Å². The third kappa shape index (κ3) is 5.91. The van der Waals surface area contributed by atoms with Crippen LogP contribution in [0.15, 0.2) is 53.5 Å². The number of rotatable bonds is 7. The number of aryl methyl sites for hydroxylation is 1. The van der Waals surface area contributed by atoms with E-state index in [9.17, 15) is 18.0 Å². The first-order valence-corrected chi connectivity index (χ1v) is 14.0. The number of amides is 2. The molecule has 186 valence electrons. The van der Waals surface area contributed by atoms with Crippen molar-refractivity contribution in [2.24, 2.45) is 4.99 Å². The number of piperazine rings is 1. The number of thiazole rings is 1. The highest BCUT2D eigenvalue weighted by Crippen LogP contribution is 2.23. The number of hydrogen-bond donors (Lipinski definition) is 0. The van der Waals surface area contributed by atoms with Gasteiger partial charge in [-0.05, 0) is 37.3 Å². The second kappa shape index (κ2) is 10.6. The van der Waals surface area contributed by atoms with Gasteiger partial charge in [-0.25, -0.2) is 8.42 Å². The normalized spacial score (nSPS) is 15.0. The number of benzene rings is 2. The number of aromatic nitrogens is 1. The molecule has 1 saturated heterocycles. The summed E-state index contributed by atoms with van der Waals surface area (Å²) in [5, 5.41) is 0. The third-order valence-electron chi connectivity index (χ3n) is 5.87. The number of fused-ring (bicyclic) bond motifs is 1. The van der Waals surface area contributed by atoms with E-state index in [4.69, 9.17) is 4.74 Å². The highest BCUT2D eigenvalue weighted by Gasteiger charge is 2.27. The van der Waals surface area contributed by atoms with Gasteiger partial charge >= 0.3 is 0 Å². The Bertz CT molecular complexity index is 1390. The van der Waals surface area contributed by atoms with Crippen molar-refractivity contribution in [2.45, 2.75) is 13.5 Å². The summed E-state index contributed by atoms with van der Waals surface area (Å²) in [5.74, 6) is -2.08. The molecule has 0 spiro atoms. The average Bonchev–Trinajstić information content (AvgIpc) is 3.19. The molecule has 4 rings (SSSR count). The van der Waals surface area contributed by atoms with Crippen molar-refractivity contribution in [3.63, 3.8) is 0 Å². The molecular weight excluding hydrogens is 488 g/mol. The second-order valence-corrected chi connectivity index (χ2v) is 11.3. The molecule has 0 N–H and O–H groups in total. The Morgan fingerprint density at radius 2 is 1.74 bits per heavy atom. The highest BCUT2D eigenvalue weighted by molar-refractivity contribution is 7.92. The standard InChI is InChI=1S/C24H28N4O5S2/c1-3-28-20-10-9-19(33-2)15-21(20)34-24(28)25-22(29)16-35(31,32)17-23(30)27-13-11-26(12-14-27)18-7-5-4-6-8-18/h4-10,15H,3,11-14,16-17H2,1-2H3. The summed E-state index contributed by atoms with van der Waals surface area (Å²) in [6.07, 6.45) is 0. The lowest BCUT2D eigenvalue weighted by molar-refractivity contribution is -0.128. The zero-order valence-electron chi connectivity index (χ0n) is 19.7. The van der Waals surface area contributed by atoms with Crippen molar-refractivity contribution in [1.29, 1.82) is 0 Å². The van der Waals surface area contributed by atoms with E-state index in [1.807, 2.05) is 60.0 Å². The van der Waals surface area contributed by atoms with E-state index < -0.39 is 33.2 Å². The molecule has 9 nitrogen and oxygen atoms in total. The first kappa shape index (κ1) is 24.9. The minimum absolute atomic E-state index is 0.416. The Hall–Kier alpha value is -3.18. The molecule has 1 aliphatic heterocycles. The minimum Gasteiger partial charge on any atom is -0.497 e. The fourth-order valence-corrected chi connectivity index (χ4v) is 6.32. The topological polar surface area (TPSA) is 101 Å². The summed E-state index contributed by atoms with van der Waals surface area (Å²) in [7, 11) is -2.37. The van der Waals surface area contributed by atoms with Crippen molar-refractivity contribution in [3.8, 4) is 5.75 Å². The third-order valence-corrected chi connectivity index (χ3v) is 8.28. The van der Waals surface area contributed by atoms with Crippen LogP contribution in [0.5, 0.6) is 5.75 Å². The van der Waals surface area contributed by atoms with Gasteiger partial charge in [0, 0.05) is 38.4 Å². The van der Waals surface area contributed by atoms with Crippen LogP contribution >= 0.6 is 11.3 Å². The largest absolute Gasteiger partial charge is 0.497 e. The van der Waals surface area contributed by atoms with E-state index in [-0.39, 0.29) is 0 Å². The summed E-state index contributed by atoms with van der Waals surface area (Å²) in [4.78, 5) is 33.4. The minimum atomic E-state index is -3.95. The number of carbonyl (C=O) groups is 2. The summed E-state index contributed by atoms with van der Waals surface area (Å²) in [6, 6.07) is 15.4. The molecule has 0 saturated carbocycles. The van der Waals surface area contributed by atoms with Crippen LogP contribution in [0.4, 0.5) is 5.69 Å². The van der Waals surface area contributed by atoms with E-state index in [0.717, 1.165) is 15.9 Å². The fraction of sp³-hybridized carbons (Fsp3) is 0.375. The van der Waals surface area contributed by atoms with Crippen LogP contribution in [0.3, 0.4) is 0 Å². The predicted octanol–water partition coefficient (Wildman–Crippen LogP) is 1.92. The number of methoxy groups -OCH3 is 1. The fourth-order valence-electron chi connectivity index (χ4n) is 4.08. The summed E-state index contributed by atoms with van der Waals surface area (Å²) < 4.78 is 33.2. The van der Waals surface area contributed by atoms with Crippen LogP contribution in [0.2, 0.25) is 0 Å². The number of carbonyl (C=O) groups excluding carboxylic acids is 2. The van der Waals surface area contributed by atoms with Crippen LogP contribution in [-0.4, -0.2) is 74.5 Å². The van der Waals surface area contributed by atoms with Crippen molar-refractivity contribution >= 4 is 48.9 Å². The predicted molar refractivity (Wildman–Crippen MR) is 136 cm³/mol. The van der Waals surface area contributed by atoms with Crippen LogP contribution in [0, 0.1) is 0 Å². The van der Waals surface area contributed by atoms with Crippen molar-refractivity contribution < 1.29 is 22.7 Å². The first-order chi connectivity index (χ1) is 16.8. The Morgan fingerprint density at radius 3 is 2.40 bits per heavy atom. The van der Waals surface area contributed by atoms with Crippen LogP contribution < -0.4 is 14.4 Å². The molecule has 35 heavy (non-hydrogen) atoms. The number of para-hydroxylation sites is 1. The van der Waals surface area contributed by atoms with Crippen LogP contribution in [0.1, 0.15) is 6.92 Å². The lowest BCUT2D eigenvalue weighted by Crippen LogP contribution is -2.50. The first-order valence-electron chi connectivity index (χ1n) is 11.3. The smallest absolute Gasteiger partial charge is 0.263 e. The van der Waals surface area contributed by atoms with Gasteiger partial charge < -0.3 is 19.1 Å². The molecule has 1 fully saturated rings. The SMILES string of the molecule is CCn1c(=NC(=O)CS(=O)(=O)CC(=O)N2CCN(c3ccccc3)CC2)sc2cc(OC)ccc21. The van der Waals surface area contributed by atoms with E-state index in [1.165, 1.54) is 11.3 Å². The van der Waals surface area contributed by atoms with Gasteiger partial charge in [-0.15, -0.1) is 0 Å². The monoisotopic (exact) mass is 516 g/mol. The molecule has 1 aliphatic rings. The van der Waals surface area contributed by atoms with E-state index in [1.54, 1.807) is 12.0 Å². The summed E-state index contributed by atoms with van der Waals surface area (Å²) >= 11 is 1.29. The van der Waals surface area contributed by atoms with Crippen molar-refractivity contribution in [1.82, 2.24) is 9.47 Å². The maximum atomic E-state index is 12.6. The lowest BCUT2D eigenvalue weighted by atomic mass is 10.2. The quantitative estimate of drug-likeness (QED) is 0.476. The number of anilines is 1. The molecule has 0 aliphatic carbocycles. The van der Waals surface area contributed by atoms with Gasteiger partial charge in [0.05, 0.1) is 17.3 Å². The van der Waals surface area contributed by atoms with Gasteiger partial charge in [0.25, 0.3) is 5.91 Å². The Labute approximate surface area is 208 Å². The Kier molecular flexibility index (Phi) is 7.56. The Balaban J connectivity index is 1.40. The van der Waals surface area contributed by atoms with E-state index >= 15 is 0 Å². The molecule has 2 aromatic carbocycles. The second-order valence-electron chi connectivity index (χ2n) is 8.20. The molecule has 2 amide bonds. The van der Waals surface area contributed by atoms with Crippen LogP contribution in [-0.2, 0) is 26.0 Å². The maximum Gasteiger partial charge on any atom is 0.263 e. The maximum absolute atomic E-state index is 12.6. The van der Waals surface area contributed by atoms with Crippen molar-refractivity contribution in [2.75, 3.05) is 49.7 Å². The molecule has 0 bridgehead atoms. The molecule has 3 aromatic rings. The molecule has 0 unspecified atom stereocenters. The molecule has 2 heterocycles. The van der Waals surface area contributed by atoms with Crippen molar-refractivity contribution in [3.05, 3.63) is 53.3 Å².